The average molecular weight is 303 g/mol. The molecule has 0 radical (unpaired) electrons. The summed E-state index contributed by atoms with van der Waals surface area (Å²) >= 11 is 0. The highest BCUT2D eigenvalue weighted by molar-refractivity contribution is 5.90. The van der Waals surface area contributed by atoms with Crippen molar-refractivity contribution in [1.29, 1.82) is 0 Å². The number of likely N-dealkylation sites (tertiary alicyclic amines) is 1. The fraction of sp³-hybridized carbons (Fsp3) is 0.529. The Morgan fingerprint density at radius 3 is 2.86 bits per heavy atom. The van der Waals surface area contributed by atoms with Crippen molar-refractivity contribution in [2.45, 2.75) is 38.8 Å². The van der Waals surface area contributed by atoms with E-state index in [4.69, 9.17) is 4.74 Å². The summed E-state index contributed by atoms with van der Waals surface area (Å²) in [5.41, 5.74) is 1.00. The number of aliphatic imine (C=N–C) groups is 1. The van der Waals surface area contributed by atoms with Crippen molar-refractivity contribution in [1.82, 2.24) is 10.2 Å². The predicted octanol–water partition coefficient (Wildman–Crippen LogP) is 2.82. The molecule has 1 saturated heterocycles. The Balaban J connectivity index is 1.93. The summed E-state index contributed by atoms with van der Waals surface area (Å²) in [4.78, 5) is 18.4. The molecule has 1 aliphatic heterocycles. The first-order chi connectivity index (χ1) is 10.8. The molecule has 0 aliphatic carbocycles. The zero-order valence-corrected chi connectivity index (χ0v) is 13.4. The molecule has 0 saturated carbocycles. The van der Waals surface area contributed by atoms with Crippen LogP contribution in [-0.4, -0.2) is 43.0 Å². The second-order valence-electron chi connectivity index (χ2n) is 5.43. The van der Waals surface area contributed by atoms with E-state index in [1.165, 1.54) is 0 Å². The van der Waals surface area contributed by atoms with Crippen LogP contribution in [0.3, 0.4) is 0 Å². The van der Waals surface area contributed by atoms with Crippen LogP contribution in [0.5, 0.6) is 0 Å². The van der Waals surface area contributed by atoms with Crippen LogP contribution in [0.2, 0.25) is 0 Å². The van der Waals surface area contributed by atoms with Gasteiger partial charge in [-0.1, -0.05) is 37.3 Å². The average Bonchev–Trinajstić information content (AvgIpc) is 3.04. The van der Waals surface area contributed by atoms with E-state index >= 15 is 0 Å². The van der Waals surface area contributed by atoms with Gasteiger partial charge in [0.2, 0.25) is 0 Å². The second-order valence-corrected chi connectivity index (χ2v) is 5.43. The number of hydrogen-bond donors (Lipinski definition) is 1. The number of hydrogen-bond acceptors (Lipinski definition) is 3. The van der Waals surface area contributed by atoms with Crippen molar-refractivity contribution in [3.8, 4) is 0 Å². The van der Waals surface area contributed by atoms with Crippen molar-refractivity contribution in [2.24, 2.45) is 4.99 Å². The third-order valence-electron chi connectivity index (χ3n) is 3.81. The summed E-state index contributed by atoms with van der Waals surface area (Å²) < 4.78 is 5.45. The van der Waals surface area contributed by atoms with Gasteiger partial charge in [0.15, 0.2) is 0 Å². The van der Waals surface area contributed by atoms with Crippen LogP contribution in [0.25, 0.3) is 0 Å². The molecule has 1 heterocycles. The number of amidine groups is 1. The molecule has 0 aromatic heterocycles. The van der Waals surface area contributed by atoms with Crippen LogP contribution in [0.15, 0.2) is 35.3 Å². The second kappa shape index (κ2) is 8.41. The molecule has 1 atom stereocenters. The molecule has 0 bridgehead atoms. The number of amides is 1. The van der Waals surface area contributed by atoms with Crippen molar-refractivity contribution < 1.29 is 9.53 Å². The maximum Gasteiger partial charge on any atom is 0.410 e. The van der Waals surface area contributed by atoms with Gasteiger partial charge in [0.05, 0.1) is 6.04 Å². The third kappa shape index (κ3) is 4.23. The molecule has 0 unspecified atom stereocenters. The van der Waals surface area contributed by atoms with Crippen LogP contribution in [-0.2, 0) is 11.3 Å². The van der Waals surface area contributed by atoms with Crippen molar-refractivity contribution in [2.75, 3.05) is 20.1 Å². The van der Waals surface area contributed by atoms with Crippen molar-refractivity contribution in [3.63, 3.8) is 0 Å². The normalized spacial score (nSPS) is 18.4. The van der Waals surface area contributed by atoms with E-state index in [2.05, 4.69) is 17.2 Å². The molecule has 1 N–H and O–H groups in total. The fourth-order valence-electron chi connectivity index (χ4n) is 2.67. The Hall–Kier alpha value is -2.04. The first-order valence-electron chi connectivity index (χ1n) is 7.94. The minimum atomic E-state index is -0.259. The Morgan fingerprint density at radius 1 is 1.41 bits per heavy atom. The van der Waals surface area contributed by atoms with Crippen molar-refractivity contribution in [3.05, 3.63) is 35.9 Å². The summed E-state index contributed by atoms with van der Waals surface area (Å²) in [6, 6.07) is 9.76. The lowest BCUT2D eigenvalue weighted by Crippen LogP contribution is -2.46. The summed E-state index contributed by atoms with van der Waals surface area (Å²) in [6.07, 6.45) is 2.69. The summed E-state index contributed by atoms with van der Waals surface area (Å²) in [5.74, 6) is 0.885. The third-order valence-corrected chi connectivity index (χ3v) is 3.81. The van der Waals surface area contributed by atoms with Crippen LogP contribution in [0.1, 0.15) is 31.7 Å². The number of benzene rings is 1. The number of ether oxygens (including phenoxy) is 1. The molecule has 0 spiro atoms. The van der Waals surface area contributed by atoms with Gasteiger partial charge >= 0.3 is 6.09 Å². The summed E-state index contributed by atoms with van der Waals surface area (Å²) in [6.45, 7) is 4.02. The van der Waals surface area contributed by atoms with Crippen LogP contribution < -0.4 is 5.32 Å². The van der Waals surface area contributed by atoms with E-state index in [0.29, 0.717) is 6.61 Å². The molecule has 5 nitrogen and oxygen atoms in total. The molecule has 1 amide bonds. The zero-order valence-electron chi connectivity index (χ0n) is 13.4. The number of carbonyl (C=O) groups is 1. The first kappa shape index (κ1) is 16.3. The summed E-state index contributed by atoms with van der Waals surface area (Å²) in [5, 5.41) is 3.32. The molecule has 1 aliphatic rings. The molecule has 22 heavy (non-hydrogen) atoms. The molecular weight excluding hydrogens is 278 g/mol. The highest BCUT2D eigenvalue weighted by Crippen LogP contribution is 2.19. The van der Waals surface area contributed by atoms with Gasteiger partial charge in [-0.25, -0.2) is 4.79 Å². The molecule has 120 valence electrons. The van der Waals surface area contributed by atoms with E-state index in [9.17, 15) is 4.79 Å². The van der Waals surface area contributed by atoms with E-state index in [0.717, 1.165) is 43.8 Å². The highest BCUT2D eigenvalue weighted by atomic mass is 16.6. The SMILES string of the molecule is CCCNC(=NC)[C@@H]1CCCN1C(=O)OCc1ccccc1. The molecule has 2 rings (SSSR count). The number of carbonyl (C=O) groups excluding carboxylic acids is 1. The standard InChI is InChI=1S/C17H25N3O2/c1-3-11-19-16(18-2)15-10-7-12-20(15)17(21)22-13-14-8-5-4-6-9-14/h4-6,8-9,15H,3,7,10-13H2,1-2H3,(H,18,19)/t15-/m0/s1. The minimum Gasteiger partial charge on any atom is -0.445 e. The van der Waals surface area contributed by atoms with Gasteiger partial charge < -0.3 is 10.1 Å². The van der Waals surface area contributed by atoms with Gasteiger partial charge in [-0.05, 0) is 24.8 Å². The van der Waals surface area contributed by atoms with Crippen molar-refractivity contribution >= 4 is 11.9 Å². The van der Waals surface area contributed by atoms with Gasteiger partial charge in [-0.15, -0.1) is 0 Å². The minimum absolute atomic E-state index is 0.0137. The van der Waals surface area contributed by atoms with Gasteiger partial charge in [0.1, 0.15) is 12.4 Å². The number of nitrogens with zero attached hydrogens (tertiary/aromatic N) is 2. The van der Waals surface area contributed by atoms with E-state index in [-0.39, 0.29) is 12.1 Å². The zero-order chi connectivity index (χ0) is 15.8. The molecule has 1 fully saturated rings. The van der Waals surface area contributed by atoms with E-state index in [1.54, 1.807) is 11.9 Å². The Bertz CT molecular complexity index is 502. The van der Waals surface area contributed by atoms with Gasteiger partial charge in [-0.3, -0.25) is 9.89 Å². The monoisotopic (exact) mass is 303 g/mol. The maximum atomic E-state index is 12.3. The lowest BCUT2D eigenvalue weighted by molar-refractivity contribution is 0.0989. The first-order valence-corrected chi connectivity index (χ1v) is 7.94. The number of nitrogens with one attached hydrogen (secondary N) is 1. The molecule has 1 aromatic carbocycles. The van der Waals surface area contributed by atoms with Gasteiger partial charge in [0.25, 0.3) is 0 Å². The largest absolute Gasteiger partial charge is 0.445 e. The Morgan fingerprint density at radius 2 is 2.18 bits per heavy atom. The highest BCUT2D eigenvalue weighted by Gasteiger charge is 2.33. The lowest BCUT2D eigenvalue weighted by atomic mass is 10.2. The van der Waals surface area contributed by atoms with Gasteiger partial charge in [-0.2, -0.15) is 0 Å². The van der Waals surface area contributed by atoms with E-state index in [1.807, 2.05) is 30.3 Å². The summed E-state index contributed by atoms with van der Waals surface area (Å²) in [7, 11) is 1.77. The van der Waals surface area contributed by atoms with Crippen LogP contribution >= 0.6 is 0 Å². The fourth-order valence-corrected chi connectivity index (χ4v) is 2.67. The molecule has 1 aromatic rings. The maximum absolute atomic E-state index is 12.3. The number of rotatable bonds is 5. The molecular formula is C17H25N3O2. The van der Waals surface area contributed by atoms with E-state index < -0.39 is 0 Å². The quantitative estimate of drug-likeness (QED) is 0.672. The predicted molar refractivity (Wildman–Crippen MR) is 88.0 cm³/mol. The smallest absolute Gasteiger partial charge is 0.410 e. The van der Waals surface area contributed by atoms with Crippen LogP contribution in [0.4, 0.5) is 4.79 Å². The lowest BCUT2D eigenvalue weighted by Gasteiger charge is -2.25. The Labute approximate surface area is 132 Å². The Kier molecular flexibility index (Phi) is 6.25. The van der Waals surface area contributed by atoms with Gasteiger partial charge in [0, 0.05) is 20.1 Å². The topological polar surface area (TPSA) is 53.9 Å². The molecule has 5 heteroatoms. The van der Waals surface area contributed by atoms with Crippen LogP contribution in [0, 0.1) is 0 Å².